The maximum Gasteiger partial charge on any atom is 0.232 e. The molecule has 94 valence electrons. The largest absolute Gasteiger partial charge is 0.358 e. The van der Waals surface area contributed by atoms with Crippen molar-refractivity contribution in [2.75, 3.05) is 12.8 Å². The maximum absolute atomic E-state index is 13.7. The monoisotopic (exact) mass is 258 g/mol. The van der Waals surface area contributed by atoms with Gasteiger partial charge in [-0.15, -0.1) is 0 Å². The number of carbonyl (C=O) groups excluding carboxylic acids is 1. The molecule has 3 N–H and O–H groups in total. The minimum absolute atomic E-state index is 0.0209. The lowest BCUT2D eigenvalue weighted by molar-refractivity contribution is -0.118. The molecule has 0 aliphatic heterocycles. The van der Waals surface area contributed by atoms with Crippen molar-refractivity contribution in [3.8, 4) is 0 Å². The average Bonchev–Trinajstić information content (AvgIpc) is 2.31. The van der Waals surface area contributed by atoms with Gasteiger partial charge in [0.2, 0.25) is 5.91 Å². The first kappa shape index (κ1) is 13.8. The number of hydrogen-bond donors (Lipinski definition) is 2. The Morgan fingerprint density at radius 2 is 2.12 bits per heavy atom. The summed E-state index contributed by atoms with van der Waals surface area (Å²) in [6.07, 6.45) is 0. The lowest BCUT2D eigenvalue weighted by Gasteiger charge is -2.06. The minimum atomic E-state index is -1.41. The van der Waals surface area contributed by atoms with Gasteiger partial charge in [-0.1, -0.05) is 18.2 Å². The second kappa shape index (κ2) is 6.46. The van der Waals surface area contributed by atoms with Gasteiger partial charge in [0, 0.05) is 35.5 Å². The van der Waals surface area contributed by atoms with Gasteiger partial charge in [0.05, 0.1) is 5.75 Å². The summed E-state index contributed by atoms with van der Waals surface area (Å²) in [6, 6.07) is 4.80. The van der Waals surface area contributed by atoms with Crippen LogP contribution in [0, 0.1) is 5.82 Å². The number of hydrogen-bond acceptors (Lipinski definition) is 3. The molecule has 0 aliphatic rings. The Labute approximate surface area is 102 Å². The highest BCUT2D eigenvalue weighted by atomic mass is 32.2. The van der Waals surface area contributed by atoms with E-state index in [2.05, 4.69) is 5.32 Å². The fraction of sp³-hybridized carbons (Fsp3) is 0.364. The van der Waals surface area contributed by atoms with Gasteiger partial charge in [-0.05, 0) is 0 Å². The summed E-state index contributed by atoms with van der Waals surface area (Å²) < 4.78 is 25.3. The summed E-state index contributed by atoms with van der Waals surface area (Å²) in [5.74, 6) is -0.852. The standard InChI is InChI=1S/C11H15FN2O2S/c1-14-10(15)7-17(16)6-9-4-2-3-8(5-13)11(9)12/h2-4H,5-7,13H2,1H3,(H,14,15). The first-order valence-corrected chi connectivity index (χ1v) is 6.59. The molecule has 1 aromatic carbocycles. The second-order valence-electron chi connectivity index (χ2n) is 3.50. The van der Waals surface area contributed by atoms with Crippen LogP contribution < -0.4 is 11.1 Å². The van der Waals surface area contributed by atoms with E-state index in [0.29, 0.717) is 11.1 Å². The van der Waals surface area contributed by atoms with Crippen LogP contribution in [0.2, 0.25) is 0 Å². The number of nitrogens with one attached hydrogen (secondary N) is 1. The van der Waals surface area contributed by atoms with E-state index in [0.717, 1.165) is 0 Å². The molecule has 1 unspecified atom stereocenters. The van der Waals surface area contributed by atoms with Crippen LogP contribution in [0.15, 0.2) is 18.2 Å². The summed E-state index contributed by atoms with van der Waals surface area (Å²) in [4.78, 5) is 11.0. The molecule has 1 amide bonds. The van der Waals surface area contributed by atoms with Gasteiger partial charge in [0.25, 0.3) is 0 Å². The van der Waals surface area contributed by atoms with Gasteiger partial charge in [0.1, 0.15) is 11.6 Å². The van der Waals surface area contributed by atoms with E-state index >= 15 is 0 Å². The van der Waals surface area contributed by atoms with E-state index in [1.165, 1.54) is 7.05 Å². The van der Waals surface area contributed by atoms with Crippen molar-refractivity contribution in [3.05, 3.63) is 35.1 Å². The molecule has 1 rings (SSSR count). The molecular formula is C11H15FN2O2S. The minimum Gasteiger partial charge on any atom is -0.358 e. The molecule has 6 heteroatoms. The van der Waals surface area contributed by atoms with Crippen molar-refractivity contribution >= 4 is 16.7 Å². The van der Waals surface area contributed by atoms with E-state index in [1.807, 2.05) is 0 Å². The molecule has 1 atom stereocenters. The van der Waals surface area contributed by atoms with Crippen LogP contribution in [0.25, 0.3) is 0 Å². The number of benzene rings is 1. The fourth-order valence-electron chi connectivity index (χ4n) is 1.34. The molecular weight excluding hydrogens is 243 g/mol. The van der Waals surface area contributed by atoms with E-state index in [-0.39, 0.29) is 24.0 Å². The average molecular weight is 258 g/mol. The third-order valence-corrected chi connectivity index (χ3v) is 3.48. The van der Waals surface area contributed by atoms with Gasteiger partial charge in [0.15, 0.2) is 0 Å². The zero-order chi connectivity index (χ0) is 12.8. The lowest BCUT2D eigenvalue weighted by Crippen LogP contribution is -2.24. The van der Waals surface area contributed by atoms with Crippen LogP contribution >= 0.6 is 0 Å². The van der Waals surface area contributed by atoms with E-state index in [9.17, 15) is 13.4 Å². The molecule has 0 bridgehead atoms. The summed E-state index contributed by atoms with van der Waals surface area (Å²) in [6.45, 7) is 0.0990. The van der Waals surface area contributed by atoms with Crippen LogP contribution in [0.3, 0.4) is 0 Å². The van der Waals surface area contributed by atoms with Crippen LogP contribution in [-0.4, -0.2) is 22.9 Å². The Morgan fingerprint density at radius 1 is 1.47 bits per heavy atom. The van der Waals surface area contributed by atoms with Gasteiger partial charge in [-0.3, -0.25) is 9.00 Å². The van der Waals surface area contributed by atoms with E-state index in [1.54, 1.807) is 18.2 Å². The Balaban J connectivity index is 2.75. The quantitative estimate of drug-likeness (QED) is 0.797. The number of amides is 1. The molecule has 0 saturated heterocycles. The Kier molecular flexibility index (Phi) is 5.24. The summed E-state index contributed by atoms with van der Waals surface area (Å²) in [5.41, 5.74) is 6.09. The SMILES string of the molecule is CNC(=O)CS(=O)Cc1cccc(CN)c1F. The number of halogens is 1. The van der Waals surface area contributed by atoms with Gasteiger partial charge >= 0.3 is 0 Å². The van der Waals surface area contributed by atoms with Crippen molar-refractivity contribution < 1.29 is 13.4 Å². The third kappa shape index (κ3) is 3.90. The topological polar surface area (TPSA) is 72.2 Å². The van der Waals surface area contributed by atoms with Crippen LogP contribution in [0.4, 0.5) is 4.39 Å². The van der Waals surface area contributed by atoms with Gasteiger partial charge in [-0.25, -0.2) is 4.39 Å². The van der Waals surface area contributed by atoms with Crippen molar-refractivity contribution in [2.24, 2.45) is 5.73 Å². The fourth-order valence-corrected chi connectivity index (χ4v) is 2.45. The van der Waals surface area contributed by atoms with Crippen LogP contribution in [0.5, 0.6) is 0 Å². The van der Waals surface area contributed by atoms with Gasteiger partial charge in [-0.2, -0.15) is 0 Å². The molecule has 0 heterocycles. The van der Waals surface area contributed by atoms with Crippen molar-refractivity contribution in [2.45, 2.75) is 12.3 Å². The molecule has 1 aromatic rings. The number of rotatable bonds is 5. The van der Waals surface area contributed by atoms with Crippen LogP contribution in [0.1, 0.15) is 11.1 Å². The van der Waals surface area contributed by atoms with Crippen molar-refractivity contribution in [1.82, 2.24) is 5.32 Å². The Bertz CT molecular complexity index is 437. The Morgan fingerprint density at radius 3 is 2.71 bits per heavy atom. The third-order valence-electron chi connectivity index (χ3n) is 2.27. The molecule has 0 saturated carbocycles. The molecule has 0 aromatic heterocycles. The van der Waals surface area contributed by atoms with E-state index in [4.69, 9.17) is 5.73 Å². The van der Waals surface area contributed by atoms with Crippen LogP contribution in [-0.2, 0) is 27.9 Å². The highest BCUT2D eigenvalue weighted by molar-refractivity contribution is 7.84. The normalized spacial score (nSPS) is 12.2. The first-order chi connectivity index (χ1) is 8.08. The maximum atomic E-state index is 13.7. The molecule has 0 aliphatic carbocycles. The molecule has 0 fully saturated rings. The molecule has 4 nitrogen and oxygen atoms in total. The Hall–Kier alpha value is -1.27. The predicted molar refractivity (Wildman–Crippen MR) is 65.1 cm³/mol. The lowest BCUT2D eigenvalue weighted by atomic mass is 10.1. The molecule has 0 radical (unpaired) electrons. The molecule has 17 heavy (non-hydrogen) atoms. The van der Waals surface area contributed by atoms with E-state index < -0.39 is 16.6 Å². The van der Waals surface area contributed by atoms with Crippen molar-refractivity contribution in [3.63, 3.8) is 0 Å². The second-order valence-corrected chi connectivity index (χ2v) is 4.95. The summed E-state index contributed by atoms with van der Waals surface area (Å²) >= 11 is 0. The molecule has 0 spiro atoms. The smallest absolute Gasteiger partial charge is 0.232 e. The first-order valence-electron chi connectivity index (χ1n) is 5.10. The zero-order valence-corrected chi connectivity index (χ0v) is 10.3. The summed E-state index contributed by atoms with van der Waals surface area (Å²) in [5, 5.41) is 2.37. The highest BCUT2D eigenvalue weighted by Gasteiger charge is 2.12. The predicted octanol–water partition coefficient (Wildman–Crippen LogP) is 0.279. The number of nitrogens with two attached hydrogens (primary N) is 1. The zero-order valence-electron chi connectivity index (χ0n) is 9.53. The summed E-state index contributed by atoms with van der Waals surface area (Å²) in [7, 11) is 0.0531. The van der Waals surface area contributed by atoms with Crippen molar-refractivity contribution in [1.29, 1.82) is 0 Å². The highest BCUT2D eigenvalue weighted by Crippen LogP contribution is 2.14. The number of carbonyl (C=O) groups is 1. The van der Waals surface area contributed by atoms with Gasteiger partial charge < -0.3 is 11.1 Å².